The fourth-order valence-electron chi connectivity index (χ4n) is 4.59. The summed E-state index contributed by atoms with van der Waals surface area (Å²) in [5, 5.41) is 0.595. The Labute approximate surface area is 185 Å². The number of rotatable bonds is 3. The molecule has 0 spiro atoms. The second-order valence-electron chi connectivity index (χ2n) is 8.05. The number of anilines is 2. The normalized spacial score (nSPS) is 21.5. The number of aryl methyl sites for hydroxylation is 1. The minimum atomic E-state index is -3.77. The van der Waals surface area contributed by atoms with Crippen molar-refractivity contribution in [2.45, 2.75) is 35.2 Å². The van der Waals surface area contributed by atoms with E-state index in [1.165, 1.54) is 22.5 Å². The predicted octanol–water partition coefficient (Wildman–Crippen LogP) is 4.88. The molecule has 5 nitrogen and oxygen atoms in total. The number of hydrogen-bond donors (Lipinski definition) is 0. The molecule has 0 saturated carbocycles. The Balaban J connectivity index is 1.61. The van der Waals surface area contributed by atoms with Crippen LogP contribution in [0, 0.1) is 6.92 Å². The average molecular weight is 460 g/mol. The lowest BCUT2D eigenvalue weighted by Gasteiger charge is -2.36. The van der Waals surface area contributed by atoms with E-state index in [2.05, 4.69) is 47.0 Å². The largest absolute Gasteiger partial charge is 0.314 e. The SMILES string of the molecule is Cc1ccc2c(c1)C1CN(C)CCC1N2c1nc(S(=O)(=O)c2ccccc2)c(Cl)s1. The molecule has 2 aliphatic heterocycles. The maximum Gasteiger partial charge on any atom is 0.226 e. The zero-order valence-electron chi connectivity index (χ0n) is 16.7. The lowest BCUT2D eigenvalue weighted by atomic mass is 9.89. The number of halogens is 1. The molecule has 156 valence electrons. The lowest BCUT2D eigenvalue weighted by Crippen LogP contribution is -2.43. The predicted molar refractivity (Wildman–Crippen MR) is 121 cm³/mol. The molecule has 1 fully saturated rings. The van der Waals surface area contributed by atoms with Gasteiger partial charge in [0.15, 0.2) is 10.2 Å². The standard InChI is InChI=1S/C22H22ClN3O2S2/c1-14-8-9-18-16(12-14)17-13-25(2)11-10-19(17)26(18)22-24-21(20(23)29-22)30(27,28)15-6-4-3-5-7-15/h3-9,12,17,19H,10-11,13H2,1-2H3. The number of benzene rings is 2. The first-order valence-electron chi connectivity index (χ1n) is 9.91. The van der Waals surface area contributed by atoms with Crippen molar-refractivity contribution in [1.29, 1.82) is 0 Å². The van der Waals surface area contributed by atoms with Crippen molar-refractivity contribution in [2.75, 3.05) is 25.0 Å². The molecule has 2 atom stereocenters. The van der Waals surface area contributed by atoms with Crippen LogP contribution in [-0.4, -0.2) is 44.5 Å². The van der Waals surface area contributed by atoms with E-state index in [1.807, 2.05) is 0 Å². The van der Waals surface area contributed by atoms with Gasteiger partial charge in [-0.3, -0.25) is 0 Å². The highest BCUT2D eigenvalue weighted by atomic mass is 35.5. The third-order valence-corrected chi connectivity index (χ3v) is 9.21. The Kier molecular flexibility index (Phi) is 4.89. The summed E-state index contributed by atoms with van der Waals surface area (Å²) < 4.78 is 26.5. The molecule has 30 heavy (non-hydrogen) atoms. The number of likely N-dealkylation sites (tertiary alicyclic amines) is 1. The molecule has 2 aliphatic rings. The van der Waals surface area contributed by atoms with Gasteiger partial charge in [0, 0.05) is 24.2 Å². The van der Waals surface area contributed by atoms with E-state index >= 15 is 0 Å². The molecule has 1 saturated heterocycles. The molecular weight excluding hydrogens is 438 g/mol. The Morgan fingerprint density at radius 3 is 2.70 bits per heavy atom. The Hall–Kier alpha value is -1.93. The first-order valence-corrected chi connectivity index (χ1v) is 12.6. The van der Waals surface area contributed by atoms with Crippen LogP contribution in [0.3, 0.4) is 0 Å². The molecular formula is C22H22ClN3O2S2. The van der Waals surface area contributed by atoms with Crippen LogP contribution >= 0.6 is 22.9 Å². The third-order valence-electron chi connectivity index (χ3n) is 6.01. The zero-order chi connectivity index (χ0) is 21.0. The van der Waals surface area contributed by atoms with Crippen molar-refractivity contribution in [3.8, 4) is 0 Å². The Bertz CT molecular complexity index is 1210. The maximum atomic E-state index is 13.1. The van der Waals surface area contributed by atoms with Gasteiger partial charge in [-0.1, -0.05) is 58.8 Å². The molecule has 0 N–H and O–H groups in total. The van der Waals surface area contributed by atoms with Gasteiger partial charge in [0.1, 0.15) is 4.34 Å². The molecule has 8 heteroatoms. The summed E-state index contributed by atoms with van der Waals surface area (Å²) in [5.41, 5.74) is 3.65. The molecule has 2 aromatic carbocycles. The van der Waals surface area contributed by atoms with E-state index in [1.54, 1.807) is 30.3 Å². The average Bonchev–Trinajstić information content (AvgIpc) is 3.26. The molecule has 3 heterocycles. The molecule has 0 aliphatic carbocycles. The number of aromatic nitrogens is 1. The number of thiazole rings is 1. The summed E-state index contributed by atoms with van der Waals surface area (Å²) in [6, 6.07) is 15.1. The van der Waals surface area contributed by atoms with Crippen molar-refractivity contribution in [1.82, 2.24) is 9.88 Å². The van der Waals surface area contributed by atoms with Gasteiger partial charge in [-0.25, -0.2) is 13.4 Å². The van der Waals surface area contributed by atoms with Crippen LogP contribution in [0.5, 0.6) is 0 Å². The smallest absolute Gasteiger partial charge is 0.226 e. The van der Waals surface area contributed by atoms with Crippen LogP contribution in [0.2, 0.25) is 4.34 Å². The van der Waals surface area contributed by atoms with E-state index in [4.69, 9.17) is 11.6 Å². The van der Waals surface area contributed by atoms with Crippen LogP contribution in [-0.2, 0) is 9.84 Å². The number of nitrogens with zero attached hydrogens (tertiary/aromatic N) is 3. The van der Waals surface area contributed by atoms with Crippen molar-refractivity contribution < 1.29 is 8.42 Å². The van der Waals surface area contributed by atoms with Crippen LogP contribution < -0.4 is 4.90 Å². The first kappa shape index (κ1) is 20.0. The van der Waals surface area contributed by atoms with Crippen LogP contribution in [0.1, 0.15) is 23.5 Å². The lowest BCUT2D eigenvalue weighted by molar-refractivity contribution is 0.236. The van der Waals surface area contributed by atoms with Crippen LogP contribution in [0.25, 0.3) is 0 Å². The topological polar surface area (TPSA) is 53.5 Å². The molecule has 2 unspecified atom stereocenters. The molecule has 0 amide bonds. The fourth-order valence-corrected chi connectivity index (χ4v) is 7.57. The van der Waals surface area contributed by atoms with E-state index in [9.17, 15) is 8.42 Å². The number of sulfone groups is 1. The van der Waals surface area contributed by atoms with Crippen LogP contribution in [0.15, 0.2) is 58.5 Å². The molecule has 3 aromatic rings. The van der Waals surface area contributed by atoms with Gasteiger partial charge in [0.05, 0.1) is 4.90 Å². The van der Waals surface area contributed by atoms with Crippen LogP contribution in [0.4, 0.5) is 10.8 Å². The van der Waals surface area contributed by atoms with E-state index in [0.717, 1.165) is 25.2 Å². The van der Waals surface area contributed by atoms with Crippen molar-refractivity contribution in [3.05, 3.63) is 64.0 Å². The summed E-state index contributed by atoms with van der Waals surface area (Å²) in [7, 11) is -1.62. The summed E-state index contributed by atoms with van der Waals surface area (Å²) in [6.07, 6.45) is 0.993. The minimum Gasteiger partial charge on any atom is -0.314 e. The molecule has 5 rings (SSSR count). The van der Waals surface area contributed by atoms with Gasteiger partial charge in [-0.15, -0.1) is 0 Å². The van der Waals surface area contributed by atoms with Gasteiger partial charge >= 0.3 is 0 Å². The first-order chi connectivity index (χ1) is 14.4. The number of hydrogen-bond acceptors (Lipinski definition) is 6. The number of piperidine rings is 1. The van der Waals surface area contributed by atoms with Crippen molar-refractivity contribution >= 4 is 43.6 Å². The number of fused-ring (bicyclic) bond motifs is 3. The van der Waals surface area contributed by atoms with E-state index in [0.29, 0.717) is 11.0 Å². The summed E-state index contributed by atoms with van der Waals surface area (Å²) >= 11 is 7.70. The Morgan fingerprint density at radius 2 is 1.93 bits per heavy atom. The molecule has 0 bridgehead atoms. The minimum absolute atomic E-state index is 0.0552. The van der Waals surface area contributed by atoms with Gasteiger partial charge in [-0.2, -0.15) is 0 Å². The highest BCUT2D eigenvalue weighted by Gasteiger charge is 2.43. The van der Waals surface area contributed by atoms with Gasteiger partial charge in [0.25, 0.3) is 0 Å². The quantitative estimate of drug-likeness (QED) is 0.558. The van der Waals surface area contributed by atoms with E-state index in [-0.39, 0.29) is 20.3 Å². The monoisotopic (exact) mass is 459 g/mol. The Morgan fingerprint density at radius 1 is 1.17 bits per heavy atom. The fraction of sp³-hybridized carbons (Fsp3) is 0.318. The van der Waals surface area contributed by atoms with Gasteiger partial charge in [0.2, 0.25) is 9.84 Å². The molecule has 0 radical (unpaired) electrons. The maximum absolute atomic E-state index is 13.1. The number of likely N-dealkylation sites (N-methyl/N-ethyl adjacent to an activating group) is 1. The van der Waals surface area contributed by atoms with E-state index < -0.39 is 9.84 Å². The van der Waals surface area contributed by atoms with Crippen molar-refractivity contribution in [2.24, 2.45) is 0 Å². The third kappa shape index (κ3) is 3.15. The second-order valence-corrected chi connectivity index (χ2v) is 11.5. The molecule has 1 aromatic heterocycles. The van der Waals surface area contributed by atoms with Gasteiger partial charge in [-0.05, 0) is 50.7 Å². The summed E-state index contributed by atoms with van der Waals surface area (Å²) in [6.45, 7) is 4.08. The summed E-state index contributed by atoms with van der Waals surface area (Å²) in [4.78, 5) is 9.36. The second kappa shape index (κ2) is 7.34. The van der Waals surface area contributed by atoms with Crippen molar-refractivity contribution in [3.63, 3.8) is 0 Å². The summed E-state index contributed by atoms with van der Waals surface area (Å²) in [5.74, 6) is 0.371. The highest BCUT2D eigenvalue weighted by molar-refractivity contribution is 7.91. The van der Waals surface area contributed by atoms with Gasteiger partial charge < -0.3 is 9.80 Å². The zero-order valence-corrected chi connectivity index (χ0v) is 19.1. The highest BCUT2D eigenvalue weighted by Crippen LogP contribution is 2.50.